The van der Waals surface area contributed by atoms with E-state index in [1.807, 2.05) is 0 Å². The number of piperidine rings is 2. The largest absolute Gasteiger partial charge is 0.369 e. The van der Waals surface area contributed by atoms with E-state index in [1.54, 1.807) is 0 Å². The quantitative estimate of drug-likeness (QED) is 0.807. The zero-order chi connectivity index (χ0) is 17.8. The fourth-order valence-corrected chi connectivity index (χ4v) is 5.89. The monoisotopic (exact) mass is 362 g/mol. The van der Waals surface area contributed by atoms with E-state index in [0.717, 1.165) is 18.7 Å². The Balaban J connectivity index is 1.52. The number of rotatable bonds is 2. The van der Waals surface area contributed by atoms with E-state index >= 15 is 0 Å². The van der Waals surface area contributed by atoms with Gasteiger partial charge in [-0.05, 0) is 36.1 Å². The third-order valence-corrected chi connectivity index (χ3v) is 7.82. The van der Waals surface area contributed by atoms with Crippen molar-refractivity contribution in [2.24, 2.45) is 11.3 Å². The molecule has 6 heteroatoms. The lowest BCUT2D eigenvalue weighted by Gasteiger charge is -2.54. The van der Waals surface area contributed by atoms with Crippen molar-refractivity contribution in [3.05, 3.63) is 24.3 Å². The summed E-state index contributed by atoms with van der Waals surface area (Å²) in [7, 11) is -2.85. The van der Waals surface area contributed by atoms with Crippen LogP contribution >= 0.6 is 0 Å². The highest BCUT2D eigenvalue weighted by molar-refractivity contribution is 7.91. The summed E-state index contributed by atoms with van der Waals surface area (Å²) >= 11 is 0. The lowest BCUT2D eigenvalue weighted by atomic mass is 9.64. The maximum absolute atomic E-state index is 12.2. The first kappa shape index (κ1) is 16.9. The van der Waals surface area contributed by atoms with E-state index in [1.165, 1.54) is 5.69 Å². The molecule has 0 unspecified atom stereocenters. The highest BCUT2D eigenvalue weighted by atomic mass is 32.2. The SMILES string of the molecule is CC1(C)C[C@@H]2CN(c3ccc(N4CCS(=O)(=O)CC4)cc3)[C@H]1CC2=O. The third-order valence-electron chi connectivity index (χ3n) is 6.21. The van der Waals surface area contributed by atoms with Crippen molar-refractivity contribution in [2.45, 2.75) is 32.7 Å². The molecule has 136 valence electrons. The van der Waals surface area contributed by atoms with E-state index in [-0.39, 0.29) is 28.9 Å². The number of ketones is 1. The van der Waals surface area contributed by atoms with Crippen LogP contribution in [-0.2, 0) is 14.6 Å². The molecule has 4 fully saturated rings. The van der Waals surface area contributed by atoms with Crippen molar-refractivity contribution < 1.29 is 13.2 Å². The molecule has 0 amide bonds. The van der Waals surface area contributed by atoms with Crippen molar-refractivity contribution in [1.29, 1.82) is 0 Å². The molecule has 1 aromatic rings. The standard InChI is InChI=1S/C19H26N2O3S/c1-19(2)12-14-13-21(18(19)11-17(14)22)16-5-3-15(4-6-16)20-7-9-25(23,24)10-8-20/h3-6,14,18H,7-13H2,1-2H3/t14-,18+/m1/s1. The van der Waals surface area contributed by atoms with Gasteiger partial charge in [0.25, 0.3) is 0 Å². The number of sulfone groups is 1. The smallest absolute Gasteiger partial charge is 0.153 e. The van der Waals surface area contributed by atoms with Crippen LogP contribution in [0.5, 0.6) is 0 Å². The average Bonchev–Trinajstić information content (AvgIpc) is 2.56. The fraction of sp³-hybridized carbons (Fsp3) is 0.632. The van der Waals surface area contributed by atoms with Crippen LogP contribution in [0, 0.1) is 11.3 Å². The molecule has 2 atom stereocenters. The van der Waals surface area contributed by atoms with Gasteiger partial charge in [0.05, 0.1) is 11.5 Å². The van der Waals surface area contributed by atoms with Gasteiger partial charge >= 0.3 is 0 Å². The Morgan fingerprint density at radius 3 is 2.24 bits per heavy atom. The summed E-state index contributed by atoms with van der Waals surface area (Å²) < 4.78 is 23.2. The molecule has 3 heterocycles. The van der Waals surface area contributed by atoms with Crippen molar-refractivity contribution in [3.8, 4) is 0 Å². The second-order valence-corrected chi connectivity index (χ2v) is 10.7. The first-order chi connectivity index (χ1) is 11.8. The molecule has 0 radical (unpaired) electrons. The van der Waals surface area contributed by atoms with Crippen LogP contribution in [0.15, 0.2) is 24.3 Å². The van der Waals surface area contributed by atoms with Gasteiger partial charge in [-0.3, -0.25) is 4.79 Å². The van der Waals surface area contributed by atoms with Gasteiger partial charge in [-0.15, -0.1) is 0 Å². The van der Waals surface area contributed by atoms with Gasteiger partial charge < -0.3 is 9.80 Å². The fourth-order valence-electron chi connectivity index (χ4n) is 4.69. The van der Waals surface area contributed by atoms with Crippen LogP contribution in [0.25, 0.3) is 0 Å². The molecular formula is C19H26N2O3S. The van der Waals surface area contributed by atoms with Crippen molar-refractivity contribution >= 4 is 27.0 Å². The van der Waals surface area contributed by atoms with E-state index in [4.69, 9.17) is 0 Å². The van der Waals surface area contributed by atoms with Gasteiger partial charge in [0.2, 0.25) is 0 Å². The molecule has 1 aromatic carbocycles. The minimum atomic E-state index is -2.85. The second-order valence-electron chi connectivity index (χ2n) is 8.38. The van der Waals surface area contributed by atoms with Gasteiger partial charge in [-0.1, -0.05) is 13.8 Å². The first-order valence-electron chi connectivity index (χ1n) is 9.10. The molecule has 3 aliphatic heterocycles. The maximum Gasteiger partial charge on any atom is 0.153 e. The summed E-state index contributed by atoms with van der Waals surface area (Å²) in [4.78, 5) is 16.7. The Bertz CT molecular complexity index is 771. The maximum atomic E-state index is 12.2. The van der Waals surface area contributed by atoms with Crippen LogP contribution < -0.4 is 9.80 Å². The van der Waals surface area contributed by atoms with E-state index in [2.05, 4.69) is 47.9 Å². The zero-order valence-electron chi connectivity index (χ0n) is 14.9. The summed E-state index contributed by atoms with van der Waals surface area (Å²) in [5.74, 6) is 1.06. The predicted molar refractivity (Wildman–Crippen MR) is 100.0 cm³/mol. The van der Waals surface area contributed by atoms with Gasteiger partial charge in [-0.25, -0.2) is 8.42 Å². The van der Waals surface area contributed by atoms with Gasteiger partial charge in [0.1, 0.15) is 5.78 Å². The average molecular weight is 362 g/mol. The number of carbonyl (C=O) groups is 1. The molecule has 5 nitrogen and oxygen atoms in total. The molecule has 4 aliphatic rings. The number of hydrogen-bond acceptors (Lipinski definition) is 5. The number of hydrogen-bond donors (Lipinski definition) is 0. The molecule has 25 heavy (non-hydrogen) atoms. The van der Waals surface area contributed by atoms with Gasteiger partial charge in [-0.2, -0.15) is 0 Å². The van der Waals surface area contributed by atoms with Crippen LogP contribution in [-0.4, -0.2) is 51.4 Å². The number of carbonyl (C=O) groups excluding carboxylic acids is 1. The number of Topliss-reactive ketones (excluding diaryl/α,β-unsaturated/α-hetero) is 1. The predicted octanol–water partition coefficient (Wildman–Crippen LogP) is 2.12. The summed E-state index contributed by atoms with van der Waals surface area (Å²) in [6.45, 7) is 6.50. The van der Waals surface area contributed by atoms with Crippen LogP contribution in [0.2, 0.25) is 0 Å². The highest BCUT2D eigenvalue weighted by Crippen LogP contribution is 2.46. The summed E-state index contributed by atoms with van der Waals surface area (Å²) in [6, 6.07) is 8.70. The lowest BCUT2D eigenvalue weighted by molar-refractivity contribution is -0.130. The molecule has 1 aliphatic carbocycles. The number of nitrogens with zero attached hydrogens (tertiary/aromatic N) is 2. The highest BCUT2D eigenvalue weighted by Gasteiger charge is 2.49. The Kier molecular flexibility index (Phi) is 3.87. The lowest BCUT2D eigenvalue weighted by Crippen LogP contribution is -2.60. The Hall–Kier alpha value is -1.56. The summed E-state index contributed by atoms with van der Waals surface area (Å²) in [5.41, 5.74) is 2.41. The Labute approximate surface area is 149 Å². The molecule has 5 rings (SSSR count). The zero-order valence-corrected chi connectivity index (χ0v) is 15.8. The normalized spacial score (nSPS) is 30.6. The Morgan fingerprint density at radius 1 is 1.04 bits per heavy atom. The van der Waals surface area contributed by atoms with Gasteiger partial charge in [0, 0.05) is 49.4 Å². The van der Waals surface area contributed by atoms with Gasteiger partial charge in [0.15, 0.2) is 9.84 Å². The molecule has 0 N–H and O–H groups in total. The second kappa shape index (κ2) is 5.73. The Morgan fingerprint density at radius 2 is 1.64 bits per heavy atom. The number of benzene rings is 1. The first-order valence-corrected chi connectivity index (χ1v) is 10.9. The van der Waals surface area contributed by atoms with Crippen LogP contribution in [0.4, 0.5) is 11.4 Å². The van der Waals surface area contributed by atoms with E-state index in [0.29, 0.717) is 25.3 Å². The minimum absolute atomic E-state index is 0.159. The van der Waals surface area contributed by atoms with E-state index < -0.39 is 9.84 Å². The number of anilines is 2. The third kappa shape index (κ3) is 3.05. The molecule has 1 saturated carbocycles. The molecular weight excluding hydrogens is 336 g/mol. The molecule has 0 aromatic heterocycles. The summed E-state index contributed by atoms with van der Waals surface area (Å²) in [6.07, 6.45) is 1.65. The molecule has 2 bridgehead atoms. The van der Waals surface area contributed by atoms with Crippen molar-refractivity contribution in [2.75, 3.05) is 40.9 Å². The molecule has 3 saturated heterocycles. The van der Waals surface area contributed by atoms with Crippen molar-refractivity contribution in [3.63, 3.8) is 0 Å². The minimum Gasteiger partial charge on any atom is -0.369 e. The van der Waals surface area contributed by atoms with Crippen LogP contribution in [0.1, 0.15) is 26.7 Å². The van der Waals surface area contributed by atoms with Crippen molar-refractivity contribution in [1.82, 2.24) is 0 Å². The summed E-state index contributed by atoms with van der Waals surface area (Å²) in [5, 5.41) is 0. The van der Waals surface area contributed by atoms with Crippen LogP contribution in [0.3, 0.4) is 0 Å². The number of fused-ring (bicyclic) bond motifs is 3. The topological polar surface area (TPSA) is 57.7 Å². The van der Waals surface area contributed by atoms with E-state index in [9.17, 15) is 13.2 Å². The molecule has 0 spiro atoms.